The van der Waals surface area contributed by atoms with Crippen LogP contribution >= 0.6 is 0 Å². The summed E-state index contributed by atoms with van der Waals surface area (Å²) in [6, 6.07) is 2.68. The van der Waals surface area contributed by atoms with Gasteiger partial charge in [0.15, 0.2) is 5.75 Å². The molecule has 0 amide bonds. The molecular formula is C13H15F2N3O. The minimum Gasteiger partial charge on any atom is -0.493 e. The number of nitrogens with two attached hydrogens (primary N) is 1. The van der Waals surface area contributed by atoms with Crippen molar-refractivity contribution in [1.29, 1.82) is 0 Å². The number of hydrogen-bond acceptors (Lipinski definition) is 3. The predicted molar refractivity (Wildman–Crippen MR) is 66.8 cm³/mol. The molecule has 0 bridgehead atoms. The van der Waals surface area contributed by atoms with Gasteiger partial charge >= 0.3 is 0 Å². The molecule has 1 aromatic heterocycles. The third-order valence-corrected chi connectivity index (χ3v) is 2.97. The standard InChI is InChI=1S/C13H15F2N3O/c1-3-18-13(10(19-2)7-17-18)12(16)11-8(14)5-4-6-9(11)15/h4-7,12H,3,16H2,1-2H3. The molecular weight excluding hydrogens is 252 g/mol. The van der Waals surface area contributed by atoms with E-state index >= 15 is 0 Å². The van der Waals surface area contributed by atoms with E-state index in [4.69, 9.17) is 10.5 Å². The second kappa shape index (κ2) is 5.36. The fourth-order valence-electron chi connectivity index (χ4n) is 2.05. The number of rotatable bonds is 4. The van der Waals surface area contributed by atoms with Crippen molar-refractivity contribution in [3.63, 3.8) is 0 Å². The lowest BCUT2D eigenvalue weighted by Crippen LogP contribution is -2.20. The quantitative estimate of drug-likeness (QED) is 0.924. The zero-order valence-electron chi connectivity index (χ0n) is 10.7. The summed E-state index contributed by atoms with van der Waals surface area (Å²) < 4.78 is 34.3. The van der Waals surface area contributed by atoms with E-state index in [1.54, 1.807) is 4.68 Å². The fraction of sp³-hybridized carbons (Fsp3) is 0.308. The molecule has 2 rings (SSSR count). The van der Waals surface area contributed by atoms with Gasteiger partial charge < -0.3 is 10.5 Å². The van der Waals surface area contributed by atoms with Gasteiger partial charge in [-0.05, 0) is 19.1 Å². The Kier molecular flexibility index (Phi) is 3.80. The van der Waals surface area contributed by atoms with E-state index in [1.165, 1.54) is 31.5 Å². The highest BCUT2D eigenvalue weighted by Gasteiger charge is 2.25. The van der Waals surface area contributed by atoms with Crippen LogP contribution in [0.5, 0.6) is 5.75 Å². The number of methoxy groups -OCH3 is 1. The van der Waals surface area contributed by atoms with Crippen molar-refractivity contribution < 1.29 is 13.5 Å². The molecule has 0 aliphatic rings. The van der Waals surface area contributed by atoms with Crippen molar-refractivity contribution in [3.05, 3.63) is 47.3 Å². The molecule has 0 aliphatic carbocycles. The molecule has 6 heteroatoms. The average molecular weight is 267 g/mol. The first-order chi connectivity index (χ1) is 9.10. The maximum absolute atomic E-state index is 13.8. The van der Waals surface area contributed by atoms with Crippen LogP contribution in [0.3, 0.4) is 0 Å². The first kappa shape index (κ1) is 13.5. The van der Waals surface area contributed by atoms with Crippen molar-refractivity contribution in [2.75, 3.05) is 7.11 Å². The topological polar surface area (TPSA) is 53.1 Å². The van der Waals surface area contributed by atoms with Gasteiger partial charge in [-0.2, -0.15) is 5.10 Å². The lowest BCUT2D eigenvalue weighted by molar-refractivity contribution is 0.403. The van der Waals surface area contributed by atoms with Crippen molar-refractivity contribution in [1.82, 2.24) is 9.78 Å². The number of nitrogens with zero attached hydrogens (tertiary/aromatic N) is 2. The molecule has 0 radical (unpaired) electrons. The van der Waals surface area contributed by atoms with Gasteiger partial charge in [0.1, 0.15) is 17.3 Å². The van der Waals surface area contributed by atoms with Gasteiger partial charge in [0, 0.05) is 12.1 Å². The first-order valence-electron chi connectivity index (χ1n) is 5.89. The normalized spacial score (nSPS) is 12.5. The van der Waals surface area contributed by atoms with Gasteiger partial charge in [-0.25, -0.2) is 8.78 Å². The Morgan fingerprint density at radius 1 is 1.37 bits per heavy atom. The Morgan fingerprint density at radius 2 is 2.00 bits per heavy atom. The molecule has 0 saturated heterocycles. The van der Waals surface area contributed by atoms with Gasteiger partial charge in [0.2, 0.25) is 0 Å². The summed E-state index contributed by atoms with van der Waals surface area (Å²) in [5, 5.41) is 4.08. The van der Waals surface area contributed by atoms with E-state index in [1.807, 2.05) is 6.92 Å². The van der Waals surface area contributed by atoms with Crippen LogP contribution in [0.2, 0.25) is 0 Å². The van der Waals surface area contributed by atoms with E-state index in [9.17, 15) is 8.78 Å². The Hall–Kier alpha value is -1.95. The van der Waals surface area contributed by atoms with Gasteiger partial charge in [0.05, 0.1) is 19.3 Å². The SMILES string of the molecule is CCn1ncc(OC)c1C(N)c1c(F)cccc1F. The zero-order chi connectivity index (χ0) is 14.0. The Balaban J connectivity index is 2.55. The number of benzene rings is 1. The average Bonchev–Trinajstić information content (AvgIpc) is 2.81. The van der Waals surface area contributed by atoms with Crippen LogP contribution in [0.1, 0.15) is 24.2 Å². The lowest BCUT2D eigenvalue weighted by atomic mass is 10.0. The fourth-order valence-corrected chi connectivity index (χ4v) is 2.05. The molecule has 2 N–H and O–H groups in total. The highest BCUT2D eigenvalue weighted by atomic mass is 19.1. The molecule has 0 fully saturated rings. The van der Waals surface area contributed by atoms with Crippen LogP contribution < -0.4 is 10.5 Å². The molecule has 0 saturated carbocycles. The van der Waals surface area contributed by atoms with Crippen molar-refractivity contribution in [2.45, 2.75) is 19.5 Å². The molecule has 1 atom stereocenters. The van der Waals surface area contributed by atoms with Crippen molar-refractivity contribution >= 4 is 0 Å². The number of aromatic nitrogens is 2. The minimum absolute atomic E-state index is 0.184. The Labute approximate surface area is 109 Å². The summed E-state index contributed by atoms with van der Waals surface area (Å²) in [6.07, 6.45) is 1.48. The molecule has 1 aromatic carbocycles. The molecule has 0 spiro atoms. The summed E-state index contributed by atoms with van der Waals surface area (Å²) in [7, 11) is 1.46. The molecule has 0 aliphatic heterocycles. The van der Waals surface area contributed by atoms with E-state index in [0.29, 0.717) is 18.0 Å². The molecule has 19 heavy (non-hydrogen) atoms. The maximum atomic E-state index is 13.8. The zero-order valence-corrected chi connectivity index (χ0v) is 10.7. The first-order valence-corrected chi connectivity index (χ1v) is 5.89. The van der Waals surface area contributed by atoms with Gasteiger partial charge in [0.25, 0.3) is 0 Å². The van der Waals surface area contributed by atoms with E-state index in [0.717, 1.165) is 0 Å². The largest absolute Gasteiger partial charge is 0.493 e. The van der Waals surface area contributed by atoms with Crippen molar-refractivity contribution in [3.8, 4) is 5.75 Å². The highest BCUT2D eigenvalue weighted by molar-refractivity contribution is 5.37. The Bertz CT molecular complexity index is 542. The van der Waals surface area contributed by atoms with E-state index in [-0.39, 0.29) is 5.56 Å². The summed E-state index contributed by atoms with van der Waals surface area (Å²) in [5.74, 6) is -0.950. The van der Waals surface area contributed by atoms with Crippen molar-refractivity contribution in [2.24, 2.45) is 5.73 Å². The monoisotopic (exact) mass is 267 g/mol. The van der Waals surface area contributed by atoms with Gasteiger partial charge in [-0.3, -0.25) is 4.68 Å². The molecule has 102 valence electrons. The summed E-state index contributed by atoms with van der Waals surface area (Å²) >= 11 is 0. The molecule has 1 unspecified atom stereocenters. The third kappa shape index (κ3) is 2.31. The highest BCUT2D eigenvalue weighted by Crippen LogP contribution is 2.30. The molecule has 4 nitrogen and oxygen atoms in total. The summed E-state index contributed by atoms with van der Waals surface area (Å²) in [6.45, 7) is 2.39. The summed E-state index contributed by atoms with van der Waals surface area (Å²) in [4.78, 5) is 0. The smallest absolute Gasteiger partial charge is 0.161 e. The summed E-state index contributed by atoms with van der Waals surface area (Å²) in [5.41, 5.74) is 6.26. The maximum Gasteiger partial charge on any atom is 0.161 e. The van der Waals surface area contributed by atoms with E-state index in [2.05, 4.69) is 5.10 Å². The van der Waals surface area contributed by atoms with Crippen LogP contribution in [0, 0.1) is 11.6 Å². The lowest BCUT2D eigenvalue weighted by Gasteiger charge is -2.16. The second-order valence-electron chi connectivity index (χ2n) is 4.03. The van der Waals surface area contributed by atoms with E-state index < -0.39 is 17.7 Å². The van der Waals surface area contributed by atoms with Crippen LogP contribution in [-0.2, 0) is 6.54 Å². The predicted octanol–water partition coefficient (Wildman–Crippen LogP) is 2.24. The molecule has 1 heterocycles. The number of ether oxygens (including phenoxy) is 1. The molecule has 2 aromatic rings. The number of hydrogen-bond donors (Lipinski definition) is 1. The minimum atomic E-state index is -0.974. The van der Waals surface area contributed by atoms with Gasteiger partial charge in [-0.1, -0.05) is 6.07 Å². The van der Waals surface area contributed by atoms with Crippen LogP contribution in [0.15, 0.2) is 24.4 Å². The third-order valence-electron chi connectivity index (χ3n) is 2.97. The second-order valence-corrected chi connectivity index (χ2v) is 4.03. The number of aryl methyl sites for hydroxylation is 1. The van der Waals surface area contributed by atoms with Gasteiger partial charge in [-0.15, -0.1) is 0 Å². The van der Waals surface area contributed by atoms with Crippen LogP contribution in [0.4, 0.5) is 8.78 Å². The number of halogens is 2. The van der Waals surface area contributed by atoms with Crippen LogP contribution in [-0.4, -0.2) is 16.9 Å². The van der Waals surface area contributed by atoms with Crippen LogP contribution in [0.25, 0.3) is 0 Å². The Morgan fingerprint density at radius 3 is 2.53 bits per heavy atom.